The Labute approximate surface area is 219 Å². The van der Waals surface area contributed by atoms with E-state index in [-0.39, 0.29) is 12.5 Å². The third-order valence-corrected chi connectivity index (χ3v) is 6.44. The second-order valence-electron chi connectivity index (χ2n) is 8.97. The minimum atomic E-state index is -2.53. The van der Waals surface area contributed by atoms with Crippen LogP contribution >= 0.6 is 0 Å². The van der Waals surface area contributed by atoms with Crippen LogP contribution in [0.15, 0.2) is 90.1 Å². The van der Waals surface area contributed by atoms with Crippen molar-refractivity contribution >= 4 is 18.4 Å². The average Bonchev–Trinajstić information content (AvgIpc) is 3.52. The molecule has 2 aliphatic rings. The maximum atomic E-state index is 13.4. The molecule has 0 saturated heterocycles. The molecule has 7 heteroatoms. The Morgan fingerprint density at radius 1 is 1.11 bits per heavy atom. The summed E-state index contributed by atoms with van der Waals surface area (Å²) in [6.45, 7) is 10.8. The van der Waals surface area contributed by atoms with Gasteiger partial charge in [0.2, 0.25) is 0 Å². The summed E-state index contributed by atoms with van der Waals surface area (Å²) in [4.78, 5) is 29.4. The van der Waals surface area contributed by atoms with Crippen LogP contribution in [0.1, 0.15) is 43.9 Å². The fourth-order valence-corrected chi connectivity index (χ4v) is 4.36. The van der Waals surface area contributed by atoms with Crippen LogP contribution < -0.4 is 0 Å². The summed E-state index contributed by atoms with van der Waals surface area (Å²) in [7, 11) is 2.00. The van der Waals surface area contributed by atoms with Crippen molar-refractivity contribution in [1.82, 2.24) is 9.80 Å². The Morgan fingerprint density at radius 2 is 1.59 bits per heavy atom. The molecule has 1 heterocycles. The third kappa shape index (κ3) is 8.29. The maximum Gasteiger partial charge on any atom is 0.252 e. The molecule has 1 saturated carbocycles. The Balaban J connectivity index is 0.000000898. The highest BCUT2D eigenvalue weighted by atomic mass is 19.3. The molecule has 2 aromatic carbocycles. The van der Waals surface area contributed by atoms with Crippen LogP contribution in [-0.2, 0) is 9.59 Å². The number of nitrogens with zero attached hydrogens (tertiary/aromatic N) is 3. The molecule has 198 valence electrons. The number of hydrogen-bond acceptors (Lipinski definition) is 4. The summed E-state index contributed by atoms with van der Waals surface area (Å²) in [6.07, 6.45) is 2.11. The van der Waals surface area contributed by atoms with E-state index in [1.807, 2.05) is 55.3 Å². The van der Waals surface area contributed by atoms with Gasteiger partial charge in [-0.25, -0.2) is 13.8 Å². The number of carbonyl (C=O) groups is 2. The summed E-state index contributed by atoms with van der Waals surface area (Å²) in [5.74, 6) is -2.34. The lowest BCUT2D eigenvalue weighted by atomic mass is 9.97. The molecule has 1 aliphatic heterocycles. The van der Waals surface area contributed by atoms with Gasteiger partial charge < -0.3 is 9.69 Å². The lowest BCUT2D eigenvalue weighted by Crippen LogP contribution is -2.35. The van der Waals surface area contributed by atoms with Crippen LogP contribution in [0.5, 0.6) is 0 Å². The van der Waals surface area contributed by atoms with E-state index in [4.69, 9.17) is 9.79 Å². The van der Waals surface area contributed by atoms with Crippen molar-refractivity contribution in [1.29, 1.82) is 0 Å². The number of aldehydes is 2. The number of amidine groups is 1. The molecule has 1 unspecified atom stereocenters. The van der Waals surface area contributed by atoms with Crippen LogP contribution in [0.4, 0.5) is 8.78 Å². The van der Waals surface area contributed by atoms with Crippen molar-refractivity contribution in [2.45, 2.75) is 38.7 Å². The fourth-order valence-electron chi connectivity index (χ4n) is 4.36. The molecule has 5 nitrogen and oxygen atoms in total. The normalized spacial score (nSPS) is 18.6. The van der Waals surface area contributed by atoms with Gasteiger partial charge in [-0.05, 0) is 31.4 Å². The average molecular weight is 510 g/mol. The first-order valence-electron chi connectivity index (χ1n) is 12.4. The van der Waals surface area contributed by atoms with Gasteiger partial charge in [0.15, 0.2) is 0 Å². The van der Waals surface area contributed by atoms with E-state index < -0.39 is 11.8 Å². The number of carbonyl (C=O) groups excluding carboxylic acids is 2. The Kier molecular flexibility index (Phi) is 11.5. The summed E-state index contributed by atoms with van der Waals surface area (Å²) < 4.78 is 26.8. The highest BCUT2D eigenvalue weighted by molar-refractivity contribution is 5.83. The van der Waals surface area contributed by atoms with Gasteiger partial charge in [-0.1, -0.05) is 60.7 Å². The summed E-state index contributed by atoms with van der Waals surface area (Å²) >= 11 is 0. The Bertz CT molecular complexity index is 1030. The van der Waals surface area contributed by atoms with E-state index in [1.165, 1.54) is 6.92 Å². The van der Waals surface area contributed by atoms with E-state index >= 15 is 0 Å². The predicted octanol–water partition coefficient (Wildman–Crippen LogP) is 5.95. The monoisotopic (exact) mass is 509 g/mol. The SMILES string of the molecule is C=C.CC(=NC1=C(C=O)CCN(CC2CC2(F)F)C1)N(C)C(c1ccccc1)c1ccccc1.CC=O. The number of benzene rings is 2. The van der Waals surface area contributed by atoms with Crippen molar-refractivity contribution in [3.63, 3.8) is 0 Å². The second kappa shape index (κ2) is 14.3. The second-order valence-corrected chi connectivity index (χ2v) is 8.97. The molecule has 37 heavy (non-hydrogen) atoms. The minimum absolute atomic E-state index is 0.0359. The highest BCUT2D eigenvalue weighted by Crippen LogP contribution is 2.49. The van der Waals surface area contributed by atoms with Crippen LogP contribution in [0.2, 0.25) is 0 Å². The molecule has 0 N–H and O–H groups in total. The van der Waals surface area contributed by atoms with E-state index in [2.05, 4.69) is 42.3 Å². The lowest BCUT2D eigenvalue weighted by molar-refractivity contribution is -0.106. The molecule has 1 atom stereocenters. The first-order valence-corrected chi connectivity index (χ1v) is 12.4. The largest absolute Gasteiger partial charge is 0.352 e. The van der Waals surface area contributed by atoms with Gasteiger partial charge in [-0.15, -0.1) is 13.2 Å². The molecule has 2 aromatic rings. The molecule has 0 radical (unpaired) electrons. The molecule has 0 bridgehead atoms. The number of aliphatic imine (C=N–C) groups is 1. The number of rotatable bonds is 7. The van der Waals surface area contributed by atoms with Gasteiger partial charge in [0.25, 0.3) is 5.92 Å². The molecule has 0 spiro atoms. The molecule has 4 rings (SSSR count). The lowest BCUT2D eigenvalue weighted by Gasteiger charge is -2.32. The topological polar surface area (TPSA) is 53.0 Å². The number of hydrogen-bond donors (Lipinski definition) is 0. The first-order chi connectivity index (χ1) is 17.8. The van der Waals surface area contributed by atoms with E-state index in [1.54, 1.807) is 0 Å². The maximum absolute atomic E-state index is 13.4. The quantitative estimate of drug-likeness (QED) is 0.200. The van der Waals surface area contributed by atoms with E-state index in [9.17, 15) is 13.6 Å². The van der Waals surface area contributed by atoms with Gasteiger partial charge in [-0.3, -0.25) is 9.69 Å². The summed E-state index contributed by atoms with van der Waals surface area (Å²) in [5, 5.41) is 0. The Morgan fingerprint density at radius 3 is 2.03 bits per heavy atom. The number of alkyl halides is 2. The molecule has 1 fully saturated rings. The molecule has 1 aliphatic carbocycles. The van der Waals surface area contributed by atoms with Crippen molar-refractivity contribution in [3.8, 4) is 0 Å². The van der Waals surface area contributed by atoms with Crippen LogP contribution in [0, 0.1) is 5.92 Å². The van der Waals surface area contributed by atoms with Crippen LogP contribution in [-0.4, -0.2) is 60.8 Å². The van der Waals surface area contributed by atoms with Gasteiger partial charge >= 0.3 is 0 Å². The number of halogens is 2. The highest BCUT2D eigenvalue weighted by Gasteiger charge is 2.57. The summed E-state index contributed by atoms with van der Waals surface area (Å²) in [5.41, 5.74) is 3.62. The van der Waals surface area contributed by atoms with Gasteiger partial charge in [0, 0.05) is 44.6 Å². The zero-order valence-corrected chi connectivity index (χ0v) is 21.9. The van der Waals surface area contributed by atoms with Crippen molar-refractivity contribution in [3.05, 3.63) is 96.2 Å². The Hall–Kier alpha value is -3.45. The van der Waals surface area contributed by atoms with E-state index in [0.717, 1.165) is 29.5 Å². The molecule has 0 amide bonds. The summed E-state index contributed by atoms with van der Waals surface area (Å²) in [6, 6.07) is 20.4. The van der Waals surface area contributed by atoms with E-state index in [0.29, 0.717) is 37.3 Å². The van der Waals surface area contributed by atoms with Crippen LogP contribution in [0.25, 0.3) is 0 Å². The fraction of sp³-hybridized carbons (Fsp3) is 0.367. The smallest absolute Gasteiger partial charge is 0.252 e. The van der Waals surface area contributed by atoms with Gasteiger partial charge in [0.05, 0.1) is 11.7 Å². The molecular formula is C30H37F2N3O2. The zero-order valence-electron chi connectivity index (χ0n) is 21.9. The van der Waals surface area contributed by atoms with Crippen molar-refractivity contribution in [2.24, 2.45) is 10.9 Å². The zero-order chi connectivity index (χ0) is 27.4. The predicted molar refractivity (Wildman–Crippen MR) is 146 cm³/mol. The molecular weight excluding hydrogens is 472 g/mol. The van der Waals surface area contributed by atoms with Crippen molar-refractivity contribution in [2.75, 3.05) is 26.7 Å². The van der Waals surface area contributed by atoms with Crippen molar-refractivity contribution < 1.29 is 18.4 Å². The molecule has 0 aromatic heterocycles. The minimum Gasteiger partial charge on any atom is -0.352 e. The van der Waals surface area contributed by atoms with Gasteiger partial charge in [0.1, 0.15) is 18.4 Å². The van der Waals surface area contributed by atoms with Gasteiger partial charge in [-0.2, -0.15) is 0 Å². The third-order valence-electron chi connectivity index (χ3n) is 6.44. The van der Waals surface area contributed by atoms with Crippen LogP contribution in [0.3, 0.4) is 0 Å². The standard InChI is InChI=1S/C26H29F2N3O.C2H4O.C2H4/c1-19(29-24-17-31(14-13-22(24)18-32)16-23-15-26(23,27)28)30(2)25(20-9-5-3-6-10-20)21-11-7-4-8-12-21;1-2-3;1-2/h3-12,18,23,25H,13-17H2,1-2H3;2H,1H3;1-2H2. The first kappa shape index (κ1) is 29.8.